The average Bonchev–Trinajstić information content (AvgIpc) is 2.76. The van der Waals surface area contributed by atoms with E-state index in [-0.39, 0.29) is 12.5 Å². The number of carbonyl (C=O) groups excluding carboxylic acids is 2. The highest BCUT2D eigenvalue weighted by atomic mass is 16.5. The fourth-order valence-electron chi connectivity index (χ4n) is 4.43. The zero-order chi connectivity index (χ0) is 20.6. The molecule has 1 aromatic rings. The third kappa shape index (κ3) is 5.52. The largest absolute Gasteiger partial charge is 0.493 e. The number of fused-ring (bicyclic) bond motifs is 1. The molecule has 2 fully saturated rings. The number of rotatable bonds is 7. The molecule has 29 heavy (non-hydrogen) atoms. The molecule has 2 aliphatic rings. The van der Waals surface area contributed by atoms with Crippen molar-refractivity contribution >= 4 is 18.0 Å². The Morgan fingerprint density at radius 1 is 1.14 bits per heavy atom. The zero-order valence-corrected chi connectivity index (χ0v) is 17.4. The van der Waals surface area contributed by atoms with Crippen LogP contribution in [-0.4, -0.2) is 49.7 Å². The molecule has 0 radical (unpaired) electrons. The molecule has 0 bridgehead atoms. The SMILES string of the molecule is CCOc1ccc(/C=C/C(=O)OCC(=O)N2CCC[C@@H]3CCCC[C@H]32)cc1OC. The number of nitrogens with zero attached hydrogens (tertiary/aromatic N) is 1. The molecule has 0 aromatic heterocycles. The van der Waals surface area contributed by atoms with Crippen molar-refractivity contribution in [3.63, 3.8) is 0 Å². The number of likely N-dealkylation sites (tertiary alicyclic amines) is 1. The fraction of sp³-hybridized carbons (Fsp3) is 0.565. The normalized spacial score (nSPS) is 21.5. The van der Waals surface area contributed by atoms with Crippen LogP contribution in [0.25, 0.3) is 6.08 Å². The maximum atomic E-state index is 12.6. The zero-order valence-electron chi connectivity index (χ0n) is 17.4. The Bertz CT molecular complexity index is 743. The summed E-state index contributed by atoms with van der Waals surface area (Å²) in [5.41, 5.74) is 0.787. The van der Waals surface area contributed by atoms with Crippen LogP contribution in [-0.2, 0) is 14.3 Å². The molecule has 1 aliphatic carbocycles. The molecule has 0 unspecified atom stereocenters. The molecular formula is C23H31NO5. The Morgan fingerprint density at radius 2 is 1.93 bits per heavy atom. The van der Waals surface area contributed by atoms with Gasteiger partial charge >= 0.3 is 5.97 Å². The second-order valence-electron chi connectivity index (χ2n) is 7.63. The number of benzene rings is 1. The van der Waals surface area contributed by atoms with E-state index < -0.39 is 5.97 Å². The van der Waals surface area contributed by atoms with Gasteiger partial charge in [-0.2, -0.15) is 0 Å². The number of ether oxygens (including phenoxy) is 3. The molecule has 0 N–H and O–H groups in total. The third-order valence-corrected chi connectivity index (χ3v) is 5.80. The third-order valence-electron chi connectivity index (χ3n) is 5.80. The predicted molar refractivity (Wildman–Crippen MR) is 111 cm³/mol. The van der Waals surface area contributed by atoms with Gasteiger partial charge in [0, 0.05) is 18.7 Å². The van der Waals surface area contributed by atoms with Crippen LogP contribution in [0.1, 0.15) is 51.0 Å². The van der Waals surface area contributed by atoms with Crippen LogP contribution in [0.2, 0.25) is 0 Å². The quantitative estimate of drug-likeness (QED) is 0.513. The summed E-state index contributed by atoms with van der Waals surface area (Å²) in [5, 5.41) is 0. The first-order valence-electron chi connectivity index (χ1n) is 10.6. The minimum absolute atomic E-state index is 0.0777. The van der Waals surface area contributed by atoms with Crippen LogP contribution in [0.5, 0.6) is 11.5 Å². The van der Waals surface area contributed by atoms with Crippen molar-refractivity contribution in [3.05, 3.63) is 29.8 Å². The number of hydrogen-bond acceptors (Lipinski definition) is 5. The highest BCUT2D eigenvalue weighted by Crippen LogP contribution is 2.35. The van der Waals surface area contributed by atoms with Gasteiger partial charge in [0.1, 0.15) is 0 Å². The number of piperidine rings is 1. The summed E-state index contributed by atoms with van der Waals surface area (Å²) < 4.78 is 16.0. The molecule has 1 amide bonds. The van der Waals surface area contributed by atoms with E-state index in [0.29, 0.717) is 30.1 Å². The van der Waals surface area contributed by atoms with Gasteiger partial charge < -0.3 is 19.1 Å². The van der Waals surface area contributed by atoms with Crippen molar-refractivity contribution in [1.29, 1.82) is 0 Å². The molecule has 1 aliphatic heterocycles. The van der Waals surface area contributed by atoms with Crippen molar-refractivity contribution in [3.8, 4) is 11.5 Å². The second kappa shape index (κ2) is 10.3. The number of carbonyl (C=O) groups is 2. The lowest BCUT2D eigenvalue weighted by Gasteiger charge is -2.44. The van der Waals surface area contributed by atoms with Crippen LogP contribution in [0.3, 0.4) is 0 Å². The van der Waals surface area contributed by atoms with Gasteiger partial charge in [-0.3, -0.25) is 4.79 Å². The van der Waals surface area contributed by atoms with Crippen molar-refractivity contribution in [1.82, 2.24) is 4.90 Å². The van der Waals surface area contributed by atoms with E-state index in [4.69, 9.17) is 14.2 Å². The van der Waals surface area contributed by atoms with Gasteiger partial charge in [-0.05, 0) is 62.3 Å². The van der Waals surface area contributed by atoms with Crippen molar-refractivity contribution in [2.24, 2.45) is 5.92 Å². The Morgan fingerprint density at radius 3 is 2.72 bits per heavy atom. The van der Waals surface area contributed by atoms with Gasteiger partial charge in [0.25, 0.3) is 5.91 Å². The maximum absolute atomic E-state index is 12.6. The number of amides is 1. The molecule has 1 saturated heterocycles. The van der Waals surface area contributed by atoms with E-state index in [1.165, 1.54) is 31.8 Å². The first kappa shape index (κ1) is 21.2. The molecule has 6 nitrogen and oxygen atoms in total. The lowest BCUT2D eigenvalue weighted by atomic mass is 9.78. The average molecular weight is 402 g/mol. The summed E-state index contributed by atoms with van der Waals surface area (Å²) in [6.45, 7) is 3.03. The van der Waals surface area contributed by atoms with Gasteiger partial charge in [0.2, 0.25) is 0 Å². The molecule has 1 saturated carbocycles. The van der Waals surface area contributed by atoms with Gasteiger partial charge in [-0.15, -0.1) is 0 Å². The summed E-state index contributed by atoms with van der Waals surface area (Å²) in [6, 6.07) is 5.75. The molecule has 3 rings (SSSR count). The molecule has 1 aromatic carbocycles. The van der Waals surface area contributed by atoms with E-state index in [1.807, 2.05) is 17.9 Å². The molecule has 2 atom stereocenters. The minimum atomic E-state index is -0.525. The van der Waals surface area contributed by atoms with E-state index in [9.17, 15) is 9.59 Å². The Balaban J connectivity index is 1.52. The van der Waals surface area contributed by atoms with Crippen molar-refractivity contribution < 1.29 is 23.8 Å². The first-order valence-corrected chi connectivity index (χ1v) is 10.6. The van der Waals surface area contributed by atoms with Crippen molar-refractivity contribution in [2.75, 3.05) is 26.9 Å². The van der Waals surface area contributed by atoms with Crippen molar-refractivity contribution in [2.45, 2.75) is 51.5 Å². The number of esters is 1. The fourth-order valence-corrected chi connectivity index (χ4v) is 4.43. The second-order valence-corrected chi connectivity index (χ2v) is 7.63. The summed E-state index contributed by atoms with van der Waals surface area (Å²) >= 11 is 0. The molecular weight excluding hydrogens is 370 g/mol. The summed E-state index contributed by atoms with van der Waals surface area (Å²) in [5.74, 6) is 1.27. The summed E-state index contributed by atoms with van der Waals surface area (Å²) in [7, 11) is 1.57. The predicted octanol–water partition coefficient (Wildman–Crippen LogP) is 3.83. The molecule has 1 heterocycles. The Labute approximate surface area is 172 Å². The number of hydrogen-bond donors (Lipinski definition) is 0. The maximum Gasteiger partial charge on any atom is 0.331 e. The van der Waals surface area contributed by atoms with Gasteiger partial charge in [-0.25, -0.2) is 4.79 Å². The van der Waals surface area contributed by atoms with Gasteiger partial charge in [0.05, 0.1) is 13.7 Å². The minimum Gasteiger partial charge on any atom is -0.493 e. The molecule has 6 heteroatoms. The van der Waals surface area contributed by atoms with Crippen LogP contribution < -0.4 is 9.47 Å². The highest BCUT2D eigenvalue weighted by Gasteiger charge is 2.35. The van der Waals surface area contributed by atoms with E-state index >= 15 is 0 Å². The molecule has 0 spiro atoms. The van der Waals surface area contributed by atoms with Crippen LogP contribution in [0.4, 0.5) is 0 Å². The lowest BCUT2D eigenvalue weighted by molar-refractivity contribution is -0.151. The van der Waals surface area contributed by atoms with Crippen LogP contribution in [0.15, 0.2) is 24.3 Å². The van der Waals surface area contributed by atoms with E-state index in [0.717, 1.165) is 24.9 Å². The van der Waals surface area contributed by atoms with Gasteiger partial charge in [-0.1, -0.05) is 18.9 Å². The van der Waals surface area contributed by atoms with Crippen LogP contribution >= 0.6 is 0 Å². The monoisotopic (exact) mass is 401 g/mol. The smallest absolute Gasteiger partial charge is 0.331 e. The Hall–Kier alpha value is -2.50. The lowest BCUT2D eigenvalue weighted by Crippen LogP contribution is -2.50. The number of methoxy groups -OCH3 is 1. The topological polar surface area (TPSA) is 65.1 Å². The standard InChI is InChI=1S/C23H31NO5/c1-3-28-20-12-10-17(15-21(20)27-2)11-13-23(26)29-16-22(25)24-14-6-8-18-7-4-5-9-19(18)24/h10-13,15,18-19H,3-9,14,16H2,1-2H3/b13-11+/t18-,19+/m0/s1. The summed E-state index contributed by atoms with van der Waals surface area (Å²) in [6.07, 6.45) is 9.96. The van der Waals surface area contributed by atoms with Crippen LogP contribution in [0, 0.1) is 5.92 Å². The Kier molecular flexibility index (Phi) is 7.55. The van der Waals surface area contributed by atoms with E-state index in [1.54, 1.807) is 25.3 Å². The summed E-state index contributed by atoms with van der Waals surface area (Å²) in [4.78, 5) is 26.6. The van der Waals surface area contributed by atoms with Gasteiger partial charge in [0.15, 0.2) is 18.1 Å². The van der Waals surface area contributed by atoms with E-state index in [2.05, 4.69) is 0 Å². The molecule has 158 valence electrons. The first-order chi connectivity index (χ1) is 14.1. The highest BCUT2D eigenvalue weighted by molar-refractivity contribution is 5.89.